The summed E-state index contributed by atoms with van der Waals surface area (Å²) in [5.74, 6) is -1.01. The van der Waals surface area contributed by atoms with Crippen LogP contribution in [0, 0.1) is 0 Å². The molecule has 6 N–H and O–H groups in total. The Morgan fingerprint density at radius 2 is 1.78 bits per heavy atom. The fourth-order valence-electron chi connectivity index (χ4n) is 1.11. The summed E-state index contributed by atoms with van der Waals surface area (Å²) in [4.78, 5) is 10.3. The van der Waals surface area contributed by atoms with Crippen LogP contribution in [-0.2, 0) is 4.79 Å². The van der Waals surface area contributed by atoms with Gasteiger partial charge in [-0.2, -0.15) is 5.10 Å². The lowest BCUT2D eigenvalue weighted by molar-refractivity contribution is -0.133. The first-order valence-corrected chi connectivity index (χ1v) is 5.69. The van der Waals surface area contributed by atoms with Crippen LogP contribution < -0.4 is 21.8 Å². The number of nitrogens with two attached hydrogens (primary N) is 1. The number of hydrogen-bond acceptors (Lipinski definition) is 6. The molecule has 0 amide bonds. The van der Waals surface area contributed by atoms with Crippen molar-refractivity contribution >= 4 is 12.2 Å². The van der Waals surface area contributed by atoms with Gasteiger partial charge in [0.05, 0.1) is 0 Å². The van der Waals surface area contributed by atoms with Crippen LogP contribution in [0.3, 0.4) is 0 Å². The highest BCUT2D eigenvalue weighted by molar-refractivity contribution is 5.87. The van der Waals surface area contributed by atoms with Crippen molar-refractivity contribution in [3.05, 3.63) is 23.9 Å². The molecule has 2 heterocycles. The summed E-state index contributed by atoms with van der Waals surface area (Å²) in [6.45, 7) is 4.56. The first kappa shape index (κ1) is 16.3. The number of allylic oxidation sites excluding steroid dienone is 3. The summed E-state index contributed by atoms with van der Waals surface area (Å²) in [7, 11) is 1.50. The Labute approximate surface area is 107 Å². The second-order valence-corrected chi connectivity index (χ2v) is 3.16. The number of carboxylic acid groups (broad SMARTS) is 1. The van der Waals surface area contributed by atoms with E-state index in [4.69, 9.17) is 5.11 Å². The van der Waals surface area contributed by atoms with Gasteiger partial charge in [0, 0.05) is 32.4 Å². The molecule has 102 valence electrons. The normalized spacial score (nSPS) is 16.9. The first-order chi connectivity index (χ1) is 8.80. The van der Waals surface area contributed by atoms with Gasteiger partial charge in [0.2, 0.25) is 0 Å². The molecule has 2 rings (SSSR count). The molecule has 0 saturated carbocycles. The number of hydrazone groups is 1. The summed E-state index contributed by atoms with van der Waals surface area (Å²) in [6, 6.07) is 0. The zero-order valence-corrected chi connectivity index (χ0v) is 10.5. The molecular formula is C11H21N5O2. The summed E-state index contributed by atoms with van der Waals surface area (Å²) < 4.78 is 0. The van der Waals surface area contributed by atoms with Crippen molar-refractivity contribution in [3.63, 3.8) is 0 Å². The summed E-state index contributed by atoms with van der Waals surface area (Å²) >= 11 is 0. The van der Waals surface area contributed by atoms with Crippen molar-refractivity contribution in [2.75, 3.05) is 33.2 Å². The number of hydrogen-bond donors (Lipinski definition) is 5. The molecular weight excluding hydrogens is 234 g/mol. The SMILES string of the molecule is C1CNCCN1.CN.O=C(O)C1=CC=CC=NN1. The van der Waals surface area contributed by atoms with E-state index in [9.17, 15) is 4.79 Å². The maximum atomic E-state index is 10.3. The zero-order chi connectivity index (χ0) is 13.6. The molecule has 0 atom stereocenters. The minimum atomic E-state index is -1.01. The van der Waals surface area contributed by atoms with E-state index in [1.807, 2.05) is 0 Å². The van der Waals surface area contributed by atoms with Crippen molar-refractivity contribution in [1.29, 1.82) is 0 Å². The number of piperazine rings is 1. The Morgan fingerprint density at radius 1 is 1.22 bits per heavy atom. The molecule has 0 bridgehead atoms. The lowest BCUT2D eigenvalue weighted by Crippen LogP contribution is -2.39. The molecule has 18 heavy (non-hydrogen) atoms. The van der Waals surface area contributed by atoms with Gasteiger partial charge < -0.3 is 21.5 Å². The van der Waals surface area contributed by atoms with Gasteiger partial charge in [-0.15, -0.1) is 0 Å². The molecule has 2 aliphatic heterocycles. The average Bonchev–Trinajstić information content (AvgIpc) is 2.73. The van der Waals surface area contributed by atoms with Crippen LogP contribution in [-0.4, -0.2) is 50.5 Å². The minimum Gasteiger partial charge on any atom is -0.477 e. The Bertz CT molecular complexity index is 297. The van der Waals surface area contributed by atoms with Gasteiger partial charge in [-0.1, -0.05) is 6.08 Å². The highest BCUT2D eigenvalue weighted by atomic mass is 16.4. The Kier molecular flexibility index (Phi) is 10.7. The minimum absolute atomic E-state index is 0.0741. The topological polar surface area (TPSA) is 112 Å². The number of nitrogens with one attached hydrogen (secondary N) is 3. The number of nitrogens with zero attached hydrogens (tertiary/aromatic N) is 1. The van der Waals surface area contributed by atoms with Crippen LogP contribution in [0.15, 0.2) is 29.0 Å². The molecule has 0 aromatic carbocycles. The van der Waals surface area contributed by atoms with Gasteiger partial charge >= 0.3 is 5.97 Å². The van der Waals surface area contributed by atoms with Crippen molar-refractivity contribution in [3.8, 4) is 0 Å². The van der Waals surface area contributed by atoms with Crippen LogP contribution in [0.1, 0.15) is 0 Å². The highest BCUT2D eigenvalue weighted by Crippen LogP contribution is 1.92. The number of carbonyl (C=O) groups is 1. The van der Waals surface area contributed by atoms with Crippen molar-refractivity contribution in [1.82, 2.24) is 16.1 Å². The van der Waals surface area contributed by atoms with E-state index in [1.165, 1.54) is 19.3 Å². The monoisotopic (exact) mass is 255 g/mol. The van der Waals surface area contributed by atoms with E-state index in [0.717, 1.165) is 26.2 Å². The molecule has 0 unspecified atom stereocenters. The summed E-state index contributed by atoms with van der Waals surface area (Å²) in [5, 5.41) is 18.4. The van der Waals surface area contributed by atoms with Crippen LogP contribution in [0.25, 0.3) is 0 Å². The lowest BCUT2D eigenvalue weighted by Gasteiger charge is -2.11. The second-order valence-electron chi connectivity index (χ2n) is 3.16. The lowest BCUT2D eigenvalue weighted by atomic mass is 10.4. The molecule has 0 aromatic rings. The van der Waals surface area contributed by atoms with Crippen molar-refractivity contribution < 1.29 is 9.90 Å². The number of carboxylic acids is 1. The number of aliphatic carboxylic acids is 1. The van der Waals surface area contributed by atoms with E-state index in [-0.39, 0.29) is 5.70 Å². The van der Waals surface area contributed by atoms with E-state index < -0.39 is 5.97 Å². The standard InChI is InChI=1S/C6H6N2O2.C4H10N2.CH5N/c9-6(10)5-3-1-2-4-7-8-5;1-2-6-4-3-5-1;1-2/h1-4,8H,(H,9,10);5-6H,1-4H2;2H2,1H3. The quantitative estimate of drug-likeness (QED) is 0.405. The third-order valence-electron chi connectivity index (χ3n) is 1.91. The van der Waals surface area contributed by atoms with Gasteiger partial charge in [0.1, 0.15) is 5.70 Å². The predicted molar refractivity (Wildman–Crippen MR) is 72.3 cm³/mol. The molecule has 0 aliphatic carbocycles. The molecule has 7 heteroatoms. The maximum absolute atomic E-state index is 10.3. The van der Waals surface area contributed by atoms with E-state index in [0.29, 0.717) is 0 Å². The Balaban J connectivity index is 0.000000308. The molecule has 0 radical (unpaired) electrons. The Morgan fingerprint density at radius 3 is 2.22 bits per heavy atom. The molecule has 1 saturated heterocycles. The van der Waals surface area contributed by atoms with Gasteiger partial charge in [0.25, 0.3) is 0 Å². The van der Waals surface area contributed by atoms with Crippen molar-refractivity contribution in [2.45, 2.75) is 0 Å². The first-order valence-electron chi connectivity index (χ1n) is 5.69. The fraction of sp³-hybridized carbons (Fsp3) is 0.455. The van der Waals surface area contributed by atoms with E-state index >= 15 is 0 Å². The van der Waals surface area contributed by atoms with Crippen LogP contribution in [0.2, 0.25) is 0 Å². The van der Waals surface area contributed by atoms with Crippen LogP contribution >= 0.6 is 0 Å². The second kappa shape index (κ2) is 11.8. The molecule has 7 nitrogen and oxygen atoms in total. The molecule has 0 spiro atoms. The maximum Gasteiger partial charge on any atom is 0.353 e. The van der Waals surface area contributed by atoms with Gasteiger partial charge in [-0.3, -0.25) is 5.43 Å². The van der Waals surface area contributed by atoms with Crippen LogP contribution in [0.4, 0.5) is 0 Å². The van der Waals surface area contributed by atoms with Gasteiger partial charge in [0.15, 0.2) is 0 Å². The fourth-order valence-corrected chi connectivity index (χ4v) is 1.11. The third-order valence-corrected chi connectivity index (χ3v) is 1.91. The number of rotatable bonds is 1. The average molecular weight is 255 g/mol. The summed E-state index contributed by atoms with van der Waals surface area (Å²) in [5.41, 5.74) is 6.92. The van der Waals surface area contributed by atoms with Gasteiger partial charge in [-0.05, 0) is 19.2 Å². The highest BCUT2D eigenvalue weighted by Gasteiger charge is 2.03. The van der Waals surface area contributed by atoms with E-state index in [1.54, 1.807) is 12.2 Å². The predicted octanol–water partition coefficient (Wildman–Crippen LogP) is -1.15. The van der Waals surface area contributed by atoms with Crippen molar-refractivity contribution in [2.24, 2.45) is 10.8 Å². The molecule has 1 fully saturated rings. The van der Waals surface area contributed by atoms with E-state index in [2.05, 4.69) is 26.9 Å². The smallest absolute Gasteiger partial charge is 0.353 e. The van der Waals surface area contributed by atoms with Gasteiger partial charge in [-0.25, -0.2) is 4.79 Å². The molecule has 0 aromatic heterocycles. The van der Waals surface area contributed by atoms with Crippen LogP contribution in [0.5, 0.6) is 0 Å². The third kappa shape index (κ3) is 8.45. The largest absolute Gasteiger partial charge is 0.477 e. The molecule has 2 aliphatic rings. The Hall–Kier alpha value is -1.70. The zero-order valence-electron chi connectivity index (χ0n) is 10.5. The summed E-state index contributed by atoms with van der Waals surface area (Å²) in [6.07, 6.45) is 6.16.